The molecule has 11 aromatic carbocycles. The zero-order valence-corrected chi connectivity index (χ0v) is 67.8. The predicted octanol–water partition coefficient (Wildman–Crippen LogP) is 14.2. The summed E-state index contributed by atoms with van der Waals surface area (Å²) < 4.78 is 90.0. The van der Waals surface area contributed by atoms with Gasteiger partial charge in [-0.25, -0.2) is 44.4 Å². The number of methoxy groups -OCH3 is 3. The summed E-state index contributed by atoms with van der Waals surface area (Å²) in [6.07, 6.45) is 0. The van der Waals surface area contributed by atoms with Crippen molar-refractivity contribution in [3.05, 3.63) is 311 Å². The molecule has 0 aliphatic heterocycles. The monoisotopic (exact) mass is 1720 g/mol. The number of nitrogen functional groups attached to an aromatic ring is 2. The van der Waals surface area contributed by atoms with Crippen LogP contribution in [0.3, 0.4) is 0 Å². The van der Waals surface area contributed by atoms with E-state index in [-0.39, 0.29) is 96.7 Å². The third-order valence-electron chi connectivity index (χ3n) is 14.1. The number of benzene rings is 11. The van der Waals surface area contributed by atoms with Crippen molar-refractivity contribution in [2.75, 3.05) is 37.5 Å². The molecule has 0 amide bonds. The molecule has 0 saturated heterocycles. The molecule has 0 fully saturated rings. The van der Waals surface area contributed by atoms with Gasteiger partial charge in [0.15, 0.2) is 9.84 Å². The Hall–Kier alpha value is -8.00. The Labute approximate surface area is 683 Å². The smallest absolute Gasteiger partial charge is 0.870 e. The molecule has 11 aromatic rings. The molecule has 0 radical (unpaired) electrons. The average Bonchev–Trinajstić information content (AvgIpc) is 0.809. The molecule has 20 nitrogen and oxygen atoms in total. The van der Waals surface area contributed by atoms with Gasteiger partial charge in [-0.1, -0.05) is 225 Å². The minimum Gasteiger partial charge on any atom is -0.870 e. The number of sulfonamides is 1. The van der Waals surface area contributed by atoms with Gasteiger partial charge in [-0.2, -0.15) is 0 Å². The molecule has 107 heavy (non-hydrogen) atoms. The standard InChI is InChI=1S/C21H16Cl2O4S.C19H13Cl2NO4S.C14H13NO2.C8H8BrNO2.C6H7BO2.C6H3Cl3O2S.Na.H2O/c1-27-21(24)20-8-7-15(14-5-3-2-4-6-14)9-16(20)13-28(25,26)19-11-17(22)10-18(23)12-19;20-14-9-15(21)11-16(10-14)27(25,26)22-18-8-13(6-7-17(18)19(23)24)12-4-2-1-3-5-12;1-17-14(16)12-8-7-11(9-13(12)15)10-5-3-2-4-6-10;1-12-8(11)6-3-2-5(9)4-7(6)10;8-7(9)6-4-2-1-3-5-6;7-4-1-5(8)3-6(2-4)12(9,10)11;;/h2-12H,13H2,1H3;1-11,22H,(H,23,24);2-9H,15H2,1H3;2-4H,10H2,1H3;1-5,8-9H;1-3H;;1H2/q;;;;;;+1;/p-1. The van der Waals surface area contributed by atoms with Gasteiger partial charge in [0.2, 0.25) is 0 Å². The van der Waals surface area contributed by atoms with E-state index in [1.54, 1.807) is 78.9 Å². The van der Waals surface area contributed by atoms with Gasteiger partial charge in [0.1, 0.15) is 0 Å². The number of esters is 3. The van der Waals surface area contributed by atoms with E-state index in [9.17, 15) is 49.5 Å². The summed E-state index contributed by atoms with van der Waals surface area (Å²) >= 11 is 38.0. The van der Waals surface area contributed by atoms with E-state index in [1.807, 2.05) is 103 Å². The van der Waals surface area contributed by atoms with Crippen LogP contribution in [0.4, 0.5) is 17.1 Å². The van der Waals surface area contributed by atoms with Crippen LogP contribution in [0.2, 0.25) is 30.1 Å². The van der Waals surface area contributed by atoms with Crippen molar-refractivity contribution in [2.24, 2.45) is 0 Å². The van der Waals surface area contributed by atoms with Crippen molar-refractivity contribution < 1.29 is 109 Å². The topological polar surface area (TPSA) is 353 Å². The minimum atomic E-state index is -4.10. The molecular formula is C74H61BBrCl7N3NaO17S3. The number of aromatic carboxylic acids is 1. The Balaban J connectivity index is 0.000000283. The fourth-order valence-electron chi connectivity index (χ4n) is 9.13. The van der Waals surface area contributed by atoms with Gasteiger partial charge in [-0.05, 0) is 154 Å². The number of carbonyl (C=O) groups excluding carboxylic acids is 3. The summed E-state index contributed by atoms with van der Waals surface area (Å²) in [6, 6.07) is 68.9. The van der Waals surface area contributed by atoms with E-state index < -0.39 is 65.7 Å². The number of carboxylic acid groups (broad SMARTS) is 1. The van der Waals surface area contributed by atoms with E-state index in [0.29, 0.717) is 39.1 Å². The molecule has 0 aliphatic carbocycles. The third-order valence-corrected chi connectivity index (χ3v) is 20.2. The van der Waals surface area contributed by atoms with Crippen molar-refractivity contribution >= 4 is 179 Å². The average molecular weight is 1720 g/mol. The maximum atomic E-state index is 12.9. The molecular weight excluding hydrogens is 1660 g/mol. The normalized spacial score (nSPS) is 10.5. The van der Waals surface area contributed by atoms with Crippen LogP contribution in [-0.4, -0.2) is 98.2 Å². The Morgan fingerprint density at radius 1 is 0.430 bits per heavy atom. The van der Waals surface area contributed by atoms with Crippen LogP contribution in [0.1, 0.15) is 47.0 Å². The number of rotatable bonds is 15. The zero-order chi connectivity index (χ0) is 77.3. The van der Waals surface area contributed by atoms with E-state index >= 15 is 0 Å². The number of nitrogens with one attached hydrogen (secondary N) is 1. The van der Waals surface area contributed by atoms with Gasteiger partial charge in [-0.3, -0.25) is 4.72 Å². The Morgan fingerprint density at radius 3 is 1.13 bits per heavy atom. The summed E-state index contributed by atoms with van der Waals surface area (Å²) in [7, 11) is -4.01. The Morgan fingerprint density at radius 2 is 0.766 bits per heavy atom. The molecule has 33 heteroatoms. The largest absolute Gasteiger partial charge is 1.00 e. The first kappa shape index (κ1) is 91.4. The van der Waals surface area contributed by atoms with Crippen LogP contribution in [0, 0.1) is 0 Å². The maximum Gasteiger partial charge on any atom is 1.00 e. The second kappa shape index (κ2) is 43.3. The van der Waals surface area contributed by atoms with Crippen molar-refractivity contribution in [1.82, 2.24) is 0 Å². The summed E-state index contributed by atoms with van der Waals surface area (Å²) in [5, 5.41) is 27.8. The van der Waals surface area contributed by atoms with E-state index in [1.165, 1.54) is 88.1 Å². The van der Waals surface area contributed by atoms with Gasteiger partial charge in [0.25, 0.3) is 19.1 Å². The molecule has 0 bridgehead atoms. The van der Waals surface area contributed by atoms with Gasteiger partial charge >= 0.3 is 60.6 Å². The number of carbonyl (C=O) groups is 4. The summed E-state index contributed by atoms with van der Waals surface area (Å²) in [5.41, 5.74) is 19.1. The first-order chi connectivity index (χ1) is 49.6. The molecule has 0 atom stereocenters. The van der Waals surface area contributed by atoms with Crippen LogP contribution in [0.25, 0.3) is 33.4 Å². The van der Waals surface area contributed by atoms with Crippen LogP contribution in [0.5, 0.6) is 0 Å². The van der Waals surface area contributed by atoms with Gasteiger partial charge in [0.05, 0.1) is 69.7 Å². The summed E-state index contributed by atoms with van der Waals surface area (Å²) in [4.78, 5) is 45.8. The quantitative estimate of drug-likeness (QED) is 0.0182. The minimum absolute atomic E-state index is 0. The number of nitrogens with two attached hydrogens (primary N) is 2. The van der Waals surface area contributed by atoms with Gasteiger partial charge < -0.3 is 46.3 Å². The van der Waals surface area contributed by atoms with Gasteiger partial charge in [0, 0.05) is 56.7 Å². The van der Waals surface area contributed by atoms with Crippen molar-refractivity contribution in [2.45, 2.75) is 20.4 Å². The molecule has 9 N–H and O–H groups in total. The summed E-state index contributed by atoms with van der Waals surface area (Å²) in [5.74, 6) is -3.08. The molecule has 552 valence electrons. The second-order valence-corrected chi connectivity index (χ2v) is 31.2. The number of carboxylic acids is 1. The van der Waals surface area contributed by atoms with E-state index in [2.05, 4.69) is 30.1 Å². The molecule has 0 aromatic heterocycles. The molecule has 11 rings (SSSR count). The van der Waals surface area contributed by atoms with Crippen molar-refractivity contribution in [3.63, 3.8) is 0 Å². The Kier molecular flexibility index (Phi) is 37.0. The SMILES string of the molecule is COC(=O)c1ccc(-c2ccccc2)cc1CS(=O)(=O)c1cc(Cl)cc(Cl)c1.COC(=O)c1ccc(-c2ccccc2)cc1N.COC(=O)c1ccc(Br)cc1N.O=C(O)c1ccc(-c2ccccc2)cc1NS(=O)(=O)c1cc(Cl)cc(Cl)c1.O=S(=O)(Cl)c1cc(Cl)cc(Cl)c1.OB(O)c1ccccc1.[Na+].[OH-]. The first-order valence-electron chi connectivity index (χ1n) is 30.0. The second-order valence-electron chi connectivity index (χ2n) is 21.4. The molecule has 0 heterocycles. The number of sulfone groups is 1. The Bertz CT molecular complexity index is 5200. The fourth-order valence-corrected chi connectivity index (χ4v) is 14.9. The number of hydrogen-bond donors (Lipinski definition) is 6. The number of halogens is 8. The number of anilines is 3. The predicted molar refractivity (Wildman–Crippen MR) is 422 cm³/mol. The molecule has 0 spiro atoms. The first-order valence-corrected chi connectivity index (χ1v) is 38.5. The maximum absolute atomic E-state index is 12.9. The van der Waals surface area contributed by atoms with Crippen LogP contribution in [0.15, 0.2) is 268 Å². The van der Waals surface area contributed by atoms with E-state index in [4.69, 9.17) is 107 Å². The van der Waals surface area contributed by atoms with Crippen LogP contribution >= 0.6 is 96.2 Å². The van der Waals surface area contributed by atoms with E-state index in [0.717, 1.165) is 32.3 Å². The van der Waals surface area contributed by atoms with Crippen molar-refractivity contribution in [1.29, 1.82) is 0 Å². The fraction of sp³-hybridized carbons (Fsp3) is 0.0541. The number of hydrogen-bond acceptors (Lipinski definition) is 18. The number of ether oxygens (including phenoxy) is 3. The molecule has 0 saturated carbocycles. The van der Waals surface area contributed by atoms with Gasteiger partial charge in [-0.15, -0.1) is 0 Å². The van der Waals surface area contributed by atoms with Crippen molar-refractivity contribution in [3.8, 4) is 33.4 Å². The van der Waals surface area contributed by atoms with Crippen LogP contribution < -0.4 is 51.2 Å². The molecule has 0 unspecified atom stereocenters. The molecule has 0 aliphatic rings. The zero-order valence-electron chi connectivity index (χ0n) is 56.5. The summed E-state index contributed by atoms with van der Waals surface area (Å²) in [6.45, 7) is 0. The van der Waals surface area contributed by atoms with Crippen LogP contribution in [-0.2, 0) is 48.9 Å². The third kappa shape index (κ3) is 28.5.